The predicted molar refractivity (Wildman–Crippen MR) is 104 cm³/mol. The van der Waals surface area contributed by atoms with Gasteiger partial charge in [0.25, 0.3) is 5.91 Å². The lowest BCUT2D eigenvalue weighted by Crippen LogP contribution is -2.38. The summed E-state index contributed by atoms with van der Waals surface area (Å²) in [6.45, 7) is 9.96. The Morgan fingerprint density at radius 2 is 1.84 bits per heavy atom. The maximum atomic E-state index is 12.6. The van der Waals surface area contributed by atoms with Gasteiger partial charge in [0, 0.05) is 18.5 Å². The van der Waals surface area contributed by atoms with Crippen LogP contribution in [-0.4, -0.2) is 34.8 Å². The zero-order valence-corrected chi connectivity index (χ0v) is 16.7. The number of anilines is 1. The van der Waals surface area contributed by atoms with Crippen LogP contribution in [0.25, 0.3) is 0 Å². The van der Waals surface area contributed by atoms with Gasteiger partial charge in [0.2, 0.25) is 5.91 Å². The minimum atomic E-state index is -0.163. The number of thiophene rings is 1. The number of amides is 2. The number of rotatable bonds is 8. The first-order valence-electron chi connectivity index (χ1n) is 8.42. The average Bonchev–Trinajstić information content (AvgIpc) is 3.17. The molecule has 0 atom stereocenters. The normalized spacial score (nSPS) is 11.1. The number of nitrogens with one attached hydrogen (secondary N) is 1. The first-order chi connectivity index (χ1) is 11.8. The van der Waals surface area contributed by atoms with E-state index in [2.05, 4.69) is 38.0 Å². The Kier molecular flexibility index (Phi) is 7.13. The first kappa shape index (κ1) is 19.6. The van der Waals surface area contributed by atoms with Crippen LogP contribution in [0.5, 0.6) is 0 Å². The predicted octanol–water partition coefficient (Wildman–Crippen LogP) is 4.14. The second-order valence-corrected chi connectivity index (χ2v) is 8.64. The van der Waals surface area contributed by atoms with E-state index in [1.54, 1.807) is 6.07 Å². The summed E-state index contributed by atoms with van der Waals surface area (Å²) in [5.74, 6) is 0.782. The third-order valence-corrected chi connectivity index (χ3v) is 5.05. The molecule has 0 fully saturated rings. The number of carbonyl (C=O) groups is 2. The molecular weight excluding hydrogens is 354 g/mol. The Balaban J connectivity index is 1.96. The highest BCUT2D eigenvalue weighted by Crippen LogP contribution is 2.19. The smallest absolute Gasteiger partial charge is 0.267 e. The van der Waals surface area contributed by atoms with E-state index in [-0.39, 0.29) is 18.2 Å². The summed E-state index contributed by atoms with van der Waals surface area (Å²) in [5.41, 5.74) is 0.703. The van der Waals surface area contributed by atoms with Gasteiger partial charge < -0.3 is 4.90 Å². The first-order valence-corrected chi connectivity index (χ1v) is 10.2. The van der Waals surface area contributed by atoms with Crippen molar-refractivity contribution in [2.75, 3.05) is 18.4 Å². The molecule has 5 nitrogen and oxygen atoms in total. The quantitative estimate of drug-likeness (QED) is 0.750. The molecule has 0 saturated heterocycles. The van der Waals surface area contributed by atoms with Crippen LogP contribution in [0.2, 0.25) is 0 Å². The van der Waals surface area contributed by atoms with E-state index in [1.807, 2.05) is 21.7 Å². The van der Waals surface area contributed by atoms with Crippen LogP contribution in [0.4, 0.5) is 5.13 Å². The van der Waals surface area contributed by atoms with Gasteiger partial charge in [0.15, 0.2) is 5.13 Å². The van der Waals surface area contributed by atoms with Crippen molar-refractivity contribution in [2.24, 2.45) is 11.8 Å². The molecule has 136 valence electrons. The lowest BCUT2D eigenvalue weighted by molar-refractivity contribution is -0.131. The highest BCUT2D eigenvalue weighted by atomic mass is 32.1. The number of nitrogens with zero attached hydrogens (tertiary/aromatic N) is 2. The molecule has 2 heterocycles. The number of thiazole rings is 1. The highest BCUT2D eigenvalue weighted by Gasteiger charge is 2.18. The molecule has 2 aromatic heterocycles. The molecule has 0 aliphatic rings. The van der Waals surface area contributed by atoms with Crippen LogP contribution in [0.3, 0.4) is 0 Å². The van der Waals surface area contributed by atoms with E-state index in [0.717, 1.165) is 13.1 Å². The van der Waals surface area contributed by atoms with Crippen LogP contribution in [-0.2, 0) is 11.2 Å². The topological polar surface area (TPSA) is 62.3 Å². The Morgan fingerprint density at radius 3 is 2.40 bits per heavy atom. The molecule has 0 spiro atoms. The molecule has 0 aliphatic carbocycles. The van der Waals surface area contributed by atoms with E-state index in [9.17, 15) is 9.59 Å². The largest absolute Gasteiger partial charge is 0.342 e. The van der Waals surface area contributed by atoms with Crippen LogP contribution < -0.4 is 5.32 Å². The SMILES string of the molecule is CC(C)CN(CC(C)C)C(=O)Cc1csc(NC(=O)c2cccs2)n1. The van der Waals surface area contributed by atoms with Gasteiger partial charge in [0.05, 0.1) is 17.0 Å². The van der Waals surface area contributed by atoms with Gasteiger partial charge in [-0.3, -0.25) is 14.9 Å². The standard InChI is InChI=1S/C18H25N3O2S2/c1-12(2)9-21(10-13(3)4)16(22)8-14-11-25-18(19-14)20-17(23)15-6-5-7-24-15/h5-7,11-13H,8-10H2,1-4H3,(H,19,20,23). The van der Waals surface area contributed by atoms with Crippen LogP contribution in [0.15, 0.2) is 22.9 Å². The van der Waals surface area contributed by atoms with Crippen molar-refractivity contribution < 1.29 is 9.59 Å². The lowest BCUT2D eigenvalue weighted by Gasteiger charge is -2.26. The van der Waals surface area contributed by atoms with Crippen molar-refractivity contribution in [1.29, 1.82) is 0 Å². The summed E-state index contributed by atoms with van der Waals surface area (Å²) in [5, 5.41) is 7.01. The molecule has 7 heteroatoms. The van der Waals surface area contributed by atoms with Crippen molar-refractivity contribution in [2.45, 2.75) is 34.1 Å². The van der Waals surface area contributed by atoms with E-state index in [0.29, 0.717) is 27.5 Å². The summed E-state index contributed by atoms with van der Waals surface area (Å²) in [6.07, 6.45) is 0.269. The third kappa shape index (κ3) is 6.25. The molecule has 0 unspecified atom stereocenters. The third-order valence-electron chi connectivity index (χ3n) is 3.37. The van der Waals surface area contributed by atoms with Crippen molar-refractivity contribution in [3.8, 4) is 0 Å². The number of hydrogen-bond acceptors (Lipinski definition) is 5. The summed E-state index contributed by atoms with van der Waals surface area (Å²) in [4.78, 5) is 31.6. The van der Waals surface area contributed by atoms with Crippen molar-refractivity contribution in [1.82, 2.24) is 9.88 Å². The number of aromatic nitrogens is 1. The monoisotopic (exact) mass is 379 g/mol. The lowest BCUT2D eigenvalue weighted by atomic mass is 10.1. The van der Waals surface area contributed by atoms with E-state index >= 15 is 0 Å². The van der Waals surface area contributed by atoms with E-state index in [4.69, 9.17) is 0 Å². The summed E-state index contributed by atoms with van der Waals surface area (Å²) in [6, 6.07) is 3.61. The van der Waals surface area contributed by atoms with Gasteiger partial charge in [-0.05, 0) is 23.3 Å². The molecule has 0 aliphatic heterocycles. The van der Waals surface area contributed by atoms with Gasteiger partial charge in [-0.25, -0.2) is 4.98 Å². The van der Waals surface area contributed by atoms with E-state index < -0.39 is 0 Å². The fraction of sp³-hybridized carbons (Fsp3) is 0.500. The summed E-state index contributed by atoms with van der Waals surface area (Å²) >= 11 is 2.73. The maximum Gasteiger partial charge on any atom is 0.267 e. The molecule has 1 N–H and O–H groups in total. The average molecular weight is 380 g/mol. The Morgan fingerprint density at radius 1 is 1.16 bits per heavy atom. The van der Waals surface area contributed by atoms with Crippen molar-refractivity contribution in [3.05, 3.63) is 33.5 Å². The minimum absolute atomic E-state index is 0.0869. The van der Waals surface area contributed by atoms with Gasteiger partial charge in [0.1, 0.15) is 0 Å². The Labute approximate surface area is 157 Å². The number of hydrogen-bond donors (Lipinski definition) is 1. The number of carbonyl (C=O) groups excluding carboxylic acids is 2. The zero-order valence-electron chi connectivity index (χ0n) is 15.1. The zero-order chi connectivity index (χ0) is 18.4. The fourth-order valence-corrected chi connectivity index (χ4v) is 3.76. The molecule has 2 aromatic rings. The Bertz CT molecular complexity index is 683. The fourth-order valence-electron chi connectivity index (χ4n) is 2.44. The van der Waals surface area contributed by atoms with Crippen LogP contribution >= 0.6 is 22.7 Å². The molecular formula is C18H25N3O2S2. The van der Waals surface area contributed by atoms with Crippen molar-refractivity contribution >= 4 is 39.6 Å². The Hall–Kier alpha value is -1.73. The minimum Gasteiger partial charge on any atom is -0.342 e. The maximum absolute atomic E-state index is 12.6. The molecule has 2 rings (SSSR count). The van der Waals surface area contributed by atoms with Gasteiger partial charge >= 0.3 is 0 Å². The van der Waals surface area contributed by atoms with Crippen molar-refractivity contribution in [3.63, 3.8) is 0 Å². The summed E-state index contributed by atoms with van der Waals surface area (Å²) < 4.78 is 0. The molecule has 25 heavy (non-hydrogen) atoms. The van der Waals surface area contributed by atoms with Crippen LogP contribution in [0, 0.1) is 11.8 Å². The second kappa shape index (κ2) is 9.10. The molecule has 0 aromatic carbocycles. The second-order valence-electron chi connectivity index (χ2n) is 6.84. The van der Waals surface area contributed by atoms with E-state index in [1.165, 1.54) is 22.7 Å². The molecule has 0 radical (unpaired) electrons. The summed E-state index contributed by atoms with van der Waals surface area (Å²) in [7, 11) is 0. The molecule has 2 amide bonds. The van der Waals surface area contributed by atoms with Crippen LogP contribution in [0.1, 0.15) is 43.1 Å². The molecule has 0 saturated carbocycles. The highest BCUT2D eigenvalue weighted by molar-refractivity contribution is 7.14. The van der Waals surface area contributed by atoms with Gasteiger partial charge in [-0.15, -0.1) is 22.7 Å². The van der Waals surface area contributed by atoms with Gasteiger partial charge in [-0.2, -0.15) is 0 Å². The molecule has 0 bridgehead atoms. The van der Waals surface area contributed by atoms with Gasteiger partial charge in [-0.1, -0.05) is 33.8 Å².